The lowest BCUT2D eigenvalue weighted by atomic mass is 10.1. The van der Waals surface area contributed by atoms with Gasteiger partial charge in [-0.25, -0.2) is 4.79 Å². The van der Waals surface area contributed by atoms with Crippen molar-refractivity contribution >= 4 is 28.7 Å². The molecule has 0 saturated carbocycles. The van der Waals surface area contributed by atoms with E-state index in [0.29, 0.717) is 17.7 Å². The number of esters is 1. The Bertz CT molecular complexity index is 1010. The first-order chi connectivity index (χ1) is 14.0. The van der Waals surface area contributed by atoms with E-state index in [1.165, 1.54) is 7.11 Å². The van der Waals surface area contributed by atoms with E-state index in [-0.39, 0.29) is 12.3 Å². The zero-order chi connectivity index (χ0) is 20.8. The second kappa shape index (κ2) is 9.05. The number of nitrogens with one attached hydrogen (secondary N) is 3. The molecule has 29 heavy (non-hydrogen) atoms. The summed E-state index contributed by atoms with van der Waals surface area (Å²) >= 11 is 0. The number of hydrogen-bond donors (Lipinski definition) is 3. The van der Waals surface area contributed by atoms with Gasteiger partial charge in [-0.05, 0) is 42.6 Å². The van der Waals surface area contributed by atoms with Crippen molar-refractivity contribution in [1.82, 2.24) is 10.3 Å². The highest BCUT2D eigenvalue weighted by molar-refractivity contribution is 6.00. The minimum Gasteiger partial charge on any atom is -0.478 e. The monoisotopic (exact) mass is 393 g/mol. The number of carbonyl (C=O) groups is 2. The SMILES string of the molecule is CCOC(=N)c1cccc(C(=O)N[C@H](Cc2cc3ccccc3[nH]2)C(=O)OC)c1. The largest absolute Gasteiger partial charge is 0.478 e. The third-order valence-corrected chi connectivity index (χ3v) is 4.48. The number of ether oxygens (including phenoxy) is 2. The first kappa shape index (κ1) is 20.1. The molecule has 1 atom stereocenters. The summed E-state index contributed by atoms with van der Waals surface area (Å²) in [5.41, 5.74) is 2.59. The molecule has 3 aromatic rings. The maximum absolute atomic E-state index is 12.7. The number of methoxy groups -OCH3 is 1. The van der Waals surface area contributed by atoms with Gasteiger partial charge in [0.2, 0.25) is 5.90 Å². The summed E-state index contributed by atoms with van der Waals surface area (Å²) in [6.07, 6.45) is 0.265. The predicted octanol–water partition coefficient (Wildman–Crippen LogP) is 3.04. The molecule has 3 rings (SSSR count). The molecular weight excluding hydrogens is 370 g/mol. The Labute approximate surface area is 168 Å². The van der Waals surface area contributed by atoms with Crippen LogP contribution < -0.4 is 5.32 Å². The quantitative estimate of drug-likeness (QED) is 0.326. The summed E-state index contributed by atoms with van der Waals surface area (Å²) in [7, 11) is 1.29. The minimum absolute atomic E-state index is 0.00950. The van der Waals surface area contributed by atoms with Gasteiger partial charge in [-0.2, -0.15) is 0 Å². The third-order valence-electron chi connectivity index (χ3n) is 4.48. The highest BCUT2D eigenvalue weighted by Gasteiger charge is 2.23. The average molecular weight is 393 g/mol. The van der Waals surface area contributed by atoms with Crippen molar-refractivity contribution in [3.8, 4) is 0 Å². The highest BCUT2D eigenvalue weighted by atomic mass is 16.5. The van der Waals surface area contributed by atoms with Crippen LogP contribution in [0.2, 0.25) is 0 Å². The topological polar surface area (TPSA) is 104 Å². The number of H-pyrrole nitrogens is 1. The minimum atomic E-state index is -0.851. The summed E-state index contributed by atoms with van der Waals surface area (Å²) in [4.78, 5) is 28.2. The molecule has 0 radical (unpaired) electrons. The Hall–Kier alpha value is -3.61. The molecule has 0 aliphatic carbocycles. The Morgan fingerprint density at radius 3 is 2.59 bits per heavy atom. The molecule has 2 aromatic carbocycles. The summed E-state index contributed by atoms with van der Waals surface area (Å²) in [6.45, 7) is 2.15. The smallest absolute Gasteiger partial charge is 0.328 e. The molecule has 0 spiro atoms. The Balaban J connectivity index is 1.78. The molecule has 1 aromatic heterocycles. The van der Waals surface area contributed by atoms with Crippen molar-refractivity contribution in [1.29, 1.82) is 5.41 Å². The Morgan fingerprint density at radius 2 is 1.86 bits per heavy atom. The zero-order valence-corrected chi connectivity index (χ0v) is 16.3. The van der Waals surface area contributed by atoms with E-state index < -0.39 is 17.9 Å². The molecule has 0 bridgehead atoms. The van der Waals surface area contributed by atoms with Crippen molar-refractivity contribution in [3.63, 3.8) is 0 Å². The maximum Gasteiger partial charge on any atom is 0.328 e. The number of amides is 1. The van der Waals surface area contributed by atoms with Gasteiger partial charge in [-0.1, -0.05) is 24.3 Å². The number of aromatic amines is 1. The molecule has 0 aliphatic rings. The van der Waals surface area contributed by atoms with Crippen LogP contribution in [-0.2, 0) is 20.7 Å². The van der Waals surface area contributed by atoms with E-state index in [1.807, 2.05) is 30.3 Å². The van der Waals surface area contributed by atoms with Crippen LogP contribution in [0.4, 0.5) is 0 Å². The molecule has 1 heterocycles. The summed E-state index contributed by atoms with van der Waals surface area (Å²) in [5.74, 6) is -0.970. The Kier molecular flexibility index (Phi) is 6.29. The maximum atomic E-state index is 12.7. The van der Waals surface area contributed by atoms with E-state index in [0.717, 1.165) is 16.6 Å². The Morgan fingerprint density at radius 1 is 1.10 bits per heavy atom. The van der Waals surface area contributed by atoms with Crippen LogP contribution >= 0.6 is 0 Å². The molecule has 3 N–H and O–H groups in total. The second-order valence-corrected chi connectivity index (χ2v) is 6.48. The van der Waals surface area contributed by atoms with E-state index in [9.17, 15) is 9.59 Å². The standard InChI is InChI=1S/C22H23N3O4/c1-3-29-20(23)15-8-6-9-16(11-15)21(26)25-19(22(27)28-2)13-17-12-14-7-4-5-10-18(14)24-17/h4-12,19,23-24H,3,13H2,1-2H3,(H,25,26)/t19-/m1/s1. The number of hydrogen-bond acceptors (Lipinski definition) is 5. The molecule has 7 heteroatoms. The number of fused-ring (bicyclic) bond motifs is 1. The lowest BCUT2D eigenvalue weighted by molar-refractivity contribution is -0.142. The zero-order valence-electron chi connectivity index (χ0n) is 16.3. The fourth-order valence-electron chi connectivity index (χ4n) is 3.07. The first-order valence-corrected chi connectivity index (χ1v) is 9.29. The highest BCUT2D eigenvalue weighted by Crippen LogP contribution is 2.16. The van der Waals surface area contributed by atoms with E-state index in [4.69, 9.17) is 14.9 Å². The van der Waals surface area contributed by atoms with Gasteiger partial charge in [-0.15, -0.1) is 0 Å². The van der Waals surface area contributed by atoms with Crippen molar-refractivity contribution in [2.24, 2.45) is 0 Å². The molecule has 0 unspecified atom stereocenters. The van der Waals surface area contributed by atoms with Crippen LogP contribution in [0, 0.1) is 5.41 Å². The van der Waals surface area contributed by atoms with Crippen LogP contribution in [0.5, 0.6) is 0 Å². The van der Waals surface area contributed by atoms with Gasteiger partial charge >= 0.3 is 5.97 Å². The molecular formula is C22H23N3O4. The number of para-hydroxylation sites is 1. The third kappa shape index (κ3) is 4.82. The average Bonchev–Trinajstić information content (AvgIpc) is 3.15. The first-order valence-electron chi connectivity index (χ1n) is 9.29. The molecule has 7 nitrogen and oxygen atoms in total. The fourth-order valence-corrected chi connectivity index (χ4v) is 3.07. The molecule has 1 amide bonds. The van der Waals surface area contributed by atoms with E-state index in [1.54, 1.807) is 31.2 Å². The predicted molar refractivity (Wildman–Crippen MR) is 110 cm³/mol. The van der Waals surface area contributed by atoms with Gasteiger partial charge in [0.05, 0.1) is 13.7 Å². The summed E-state index contributed by atoms with van der Waals surface area (Å²) in [6, 6.07) is 15.4. The van der Waals surface area contributed by atoms with Crippen molar-refractivity contribution in [2.45, 2.75) is 19.4 Å². The number of carbonyl (C=O) groups excluding carboxylic acids is 2. The van der Waals surface area contributed by atoms with Crippen LogP contribution in [0.15, 0.2) is 54.6 Å². The summed E-state index contributed by atoms with van der Waals surface area (Å²) < 4.78 is 10.0. The van der Waals surface area contributed by atoms with Gasteiger partial charge in [0.25, 0.3) is 5.91 Å². The van der Waals surface area contributed by atoms with Crippen LogP contribution in [0.3, 0.4) is 0 Å². The molecule has 0 fully saturated rings. The van der Waals surface area contributed by atoms with Gasteiger partial charge in [0.1, 0.15) is 6.04 Å². The van der Waals surface area contributed by atoms with Gasteiger partial charge < -0.3 is 19.8 Å². The van der Waals surface area contributed by atoms with Crippen LogP contribution in [0.25, 0.3) is 10.9 Å². The number of rotatable bonds is 7. The number of aromatic nitrogens is 1. The molecule has 0 aliphatic heterocycles. The van der Waals surface area contributed by atoms with E-state index >= 15 is 0 Å². The van der Waals surface area contributed by atoms with Crippen molar-refractivity contribution < 1.29 is 19.1 Å². The van der Waals surface area contributed by atoms with Gasteiger partial charge in [0, 0.05) is 28.8 Å². The fraction of sp³-hybridized carbons (Fsp3) is 0.227. The summed E-state index contributed by atoms with van der Waals surface area (Å²) in [5, 5.41) is 11.6. The van der Waals surface area contributed by atoms with E-state index in [2.05, 4.69) is 10.3 Å². The van der Waals surface area contributed by atoms with Crippen LogP contribution in [-0.4, -0.2) is 42.5 Å². The molecule has 0 saturated heterocycles. The number of benzene rings is 2. The normalized spacial score (nSPS) is 11.7. The van der Waals surface area contributed by atoms with Crippen LogP contribution in [0.1, 0.15) is 28.5 Å². The lowest BCUT2D eigenvalue weighted by Crippen LogP contribution is -2.43. The second-order valence-electron chi connectivity index (χ2n) is 6.48. The van der Waals surface area contributed by atoms with Gasteiger partial charge in [0.15, 0.2) is 0 Å². The van der Waals surface area contributed by atoms with Crippen molar-refractivity contribution in [2.75, 3.05) is 13.7 Å². The lowest BCUT2D eigenvalue weighted by Gasteiger charge is -2.16. The van der Waals surface area contributed by atoms with Crippen molar-refractivity contribution in [3.05, 3.63) is 71.4 Å². The molecule has 150 valence electrons. The van der Waals surface area contributed by atoms with Gasteiger partial charge in [-0.3, -0.25) is 10.2 Å².